The van der Waals surface area contributed by atoms with Crippen LogP contribution in [0.25, 0.3) is 5.65 Å². The standard InChI is InChI=1S/C5HCl3N4/c6-2-1-9-4-3(7)10-5(8)11-12(2)4/h1H. The molecule has 2 aromatic heterocycles. The van der Waals surface area contributed by atoms with E-state index in [9.17, 15) is 0 Å². The van der Waals surface area contributed by atoms with E-state index < -0.39 is 0 Å². The Kier molecular flexibility index (Phi) is 1.83. The predicted octanol–water partition coefficient (Wildman–Crippen LogP) is 2.08. The van der Waals surface area contributed by atoms with Crippen LogP contribution >= 0.6 is 34.8 Å². The molecule has 0 N–H and O–H groups in total. The van der Waals surface area contributed by atoms with Gasteiger partial charge in [0, 0.05) is 0 Å². The van der Waals surface area contributed by atoms with Crippen LogP contribution in [-0.4, -0.2) is 19.6 Å². The molecular formula is C5HCl3N4. The molecule has 0 fully saturated rings. The van der Waals surface area contributed by atoms with E-state index in [1.54, 1.807) is 0 Å². The second kappa shape index (κ2) is 2.73. The maximum atomic E-state index is 5.71. The molecule has 0 spiro atoms. The van der Waals surface area contributed by atoms with E-state index in [0.717, 1.165) is 0 Å². The Balaban J connectivity index is 2.92. The van der Waals surface area contributed by atoms with Gasteiger partial charge in [-0.2, -0.15) is 4.52 Å². The van der Waals surface area contributed by atoms with E-state index in [4.69, 9.17) is 34.8 Å². The first kappa shape index (κ1) is 8.04. The lowest BCUT2D eigenvalue weighted by Gasteiger charge is -1.95. The topological polar surface area (TPSA) is 43.1 Å². The van der Waals surface area contributed by atoms with Crippen molar-refractivity contribution >= 4 is 40.4 Å². The Bertz CT molecular complexity index is 437. The van der Waals surface area contributed by atoms with E-state index in [1.807, 2.05) is 0 Å². The Morgan fingerprint density at radius 2 is 2.00 bits per heavy atom. The van der Waals surface area contributed by atoms with Gasteiger partial charge in [-0.1, -0.05) is 23.2 Å². The summed E-state index contributed by atoms with van der Waals surface area (Å²) in [6, 6.07) is 0. The van der Waals surface area contributed by atoms with Crippen molar-refractivity contribution in [1.82, 2.24) is 19.6 Å². The molecule has 4 nitrogen and oxygen atoms in total. The third-order valence-corrected chi connectivity index (χ3v) is 1.93. The molecule has 2 heterocycles. The van der Waals surface area contributed by atoms with E-state index in [-0.39, 0.29) is 10.4 Å². The zero-order valence-electron chi connectivity index (χ0n) is 5.50. The molecule has 2 rings (SSSR count). The summed E-state index contributed by atoms with van der Waals surface area (Å²) in [6.07, 6.45) is 1.42. The van der Waals surface area contributed by atoms with Gasteiger partial charge in [0.25, 0.3) is 0 Å². The predicted molar refractivity (Wildman–Crippen MR) is 45.8 cm³/mol. The molecule has 0 aromatic carbocycles. The van der Waals surface area contributed by atoms with Crippen LogP contribution in [0.2, 0.25) is 15.6 Å². The normalized spacial score (nSPS) is 10.9. The largest absolute Gasteiger partial charge is 0.242 e. The Morgan fingerprint density at radius 3 is 2.75 bits per heavy atom. The minimum Gasteiger partial charge on any atom is -0.231 e. The molecule has 0 aliphatic heterocycles. The van der Waals surface area contributed by atoms with Gasteiger partial charge >= 0.3 is 0 Å². The van der Waals surface area contributed by atoms with Gasteiger partial charge in [0.1, 0.15) is 0 Å². The minimum atomic E-state index is 0.0346. The maximum absolute atomic E-state index is 5.71. The summed E-state index contributed by atoms with van der Waals surface area (Å²) in [6.45, 7) is 0. The van der Waals surface area contributed by atoms with E-state index in [0.29, 0.717) is 10.8 Å². The number of hydrogen-bond donors (Lipinski definition) is 0. The Morgan fingerprint density at radius 1 is 1.25 bits per heavy atom. The smallest absolute Gasteiger partial charge is 0.231 e. The highest BCUT2D eigenvalue weighted by atomic mass is 35.5. The van der Waals surface area contributed by atoms with E-state index >= 15 is 0 Å². The van der Waals surface area contributed by atoms with Gasteiger partial charge in [-0.15, -0.1) is 5.10 Å². The van der Waals surface area contributed by atoms with E-state index in [1.165, 1.54) is 10.7 Å². The van der Waals surface area contributed by atoms with Crippen molar-refractivity contribution in [3.8, 4) is 0 Å². The molecule has 0 bridgehead atoms. The van der Waals surface area contributed by atoms with Crippen LogP contribution in [-0.2, 0) is 0 Å². The highest BCUT2D eigenvalue weighted by molar-refractivity contribution is 6.34. The molecule has 0 aliphatic carbocycles. The first-order chi connectivity index (χ1) is 5.68. The van der Waals surface area contributed by atoms with Crippen molar-refractivity contribution in [2.45, 2.75) is 0 Å². The first-order valence-corrected chi connectivity index (χ1v) is 4.04. The second-order valence-corrected chi connectivity index (χ2v) is 3.07. The lowest BCUT2D eigenvalue weighted by atomic mass is 10.8. The van der Waals surface area contributed by atoms with Crippen molar-refractivity contribution in [3.05, 3.63) is 21.8 Å². The van der Waals surface area contributed by atoms with Crippen molar-refractivity contribution in [2.24, 2.45) is 0 Å². The number of imidazole rings is 1. The summed E-state index contributed by atoms with van der Waals surface area (Å²) in [5.74, 6) is 0. The fourth-order valence-electron chi connectivity index (χ4n) is 0.797. The van der Waals surface area contributed by atoms with Gasteiger partial charge in [-0.25, -0.2) is 9.97 Å². The van der Waals surface area contributed by atoms with Gasteiger partial charge in [-0.05, 0) is 11.6 Å². The zero-order valence-corrected chi connectivity index (χ0v) is 7.77. The summed E-state index contributed by atoms with van der Waals surface area (Å²) >= 11 is 16.9. The molecule has 0 amide bonds. The molecule has 7 heteroatoms. The molecule has 12 heavy (non-hydrogen) atoms. The van der Waals surface area contributed by atoms with Crippen molar-refractivity contribution in [3.63, 3.8) is 0 Å². The number of fused-ring (bicyclic) bond motifs is 1. The van der Waals surface area contributed by atoms with Crippen LogP contribution in [0.15, 0.2) is 6.20 Å². The maximum Gasteiger partial charge on any atom is 0.242 e. The van der Waals surface area contributed by atoms with Crippen molar-refractivity contribution < 1.29 is 0 Å². The Hall–Kier alpha value is -0.580. The van der Waals surface area contributed by atoms with Crippen LogP contribution in [0.1, 0.15) is 0 Å². The number of nitrogens with zero attached hydrogens (tertiary/aromatic N) is 4. The molecule has 2 aromatic rings. The molecule has 0 saturated carbocycles. The highest BCUT2D eigenvalue weighted by Gasteiger charge is 2.08. The van der Waals surface area contributed by atoms with Crippen LogP contribution in [0, 0.1) is 0 Å². The van der Waals surface area contributed by atoms with E-state index in [2.05, 4.69) is 15.1 Å². The molecule has 0 radical (unpaired) electrons. The average Bonchev–Trinajstić information content (AvgIpc) is 2.33. The lowest BCUT2D eigenvalue weighted by Crippen LogP contribution is -1.95. The third-order valence-electron chi connectivity index (χ3n) is 1.25. The molecule has 0 atom stereocenters. The molecular weight excluding hydrogens is 222 g/mol. The highest BCUT2D eigenvalue weighted by Crippen LogP contribution is 2.18. The van der Waals surface area contributed by atoms with Crippen LogP contribution in [0.3, 0.4) is 0 Å². The Labute approximate surface area is 82.1 Å². The molecule has 0 unspecified atom stereocenters. The summed E-state index contributed by atoms with van der Waals surface area (Å²) in [7, 11) is 0. The molecule has 0 aliphatic rings. The number of aromatic nitrogens is 4. The van der Waals surface area contributed by atoms with Crippen molar-refractivity contribution in [2.75, 3.05) is 0 Å². The number of halogens is 3. The van der Waals surface area contributed by atoms with Gasteiger partial charge < -0.3 is 0 Å². The number of hydrogen-bond acceptors (Lipinski definition) is 3. The monoisotopic (exact) mass is 222 g/mol. The van der Waals surface area contributed by atoms with Crippen LogP contribution in [0.5, 0.6) is 0 Å². The fourth-order valence-corrected chi connectivity index (χ4v) is 1.38. The summed E-state index contributed by atoms with van der Waals surface area (Å²) in [5, 5.41) is 4.35. The van der Waals surface area contributed by atoms with Crippen LogP contribution < -0.4 is 0 Å². The summed E-state index contributed by atoms with van der Waals surface area (Å²) in [4.78, 5) is 7.57. The molecule has 62 valence electrons. The quantitative estimate of drug-likeness (QED) is 0.687. The van der Waals surface area contributed by atoms with Gasteiger partial charge in [0.15, 0.2) is 16.0 Å². The SMILES string of the molecule is Clc1nc(Cl)c2ncc(Cl)n2n1. The summed E-state index contributed by atoms with van der Waals surface area (Å²) in [5.41, 5.74) is 0.395. The van der Waals surface area contributed by atoms with Gasteiger partial charge in [0.2, 0.25) is 5.28 Å². The second-order valence-electron chi connectivity index (χ2n) is 1.99. The van der Waals surface area contributed by atoms with Crippen LogP contribution in [0.4, 0.5) is 0 Å². The summed E-state index contributed by atoms with van der Waals surface area (Å²) < 4.78 is 1.32. The van der Waals surface area contributed by atoms with Crippen molar-refractivity contribution in [1.29, 1.82) is 0 Å². The minimum absolute atomic E-state index is 0.0346. The third kappa shape index (κ3) is 1.12. The molecule has 0 saturated heterocycles. The lowest BCUT2D eigenvalue weighted by molar-refractivity contribution is 0.899. The zero-order chi connectivity index (χ0) is 8.72. The first-order valence-electron chi connectivity index (χ1n) is 2.91. The fraction of sp³-hybridized carbons (Fsp3) is 0. The van der Waals surface area contributed by atoms with Gasteiger partial charge in [-0.3, -0.25) is 0 Å². The number of rotatable bonds is 0. The average molecular weight is 223 g/mol. The van der Waals surface area contributed by atoms with Gasteiger partial charge in [0.05, 0.1) is 6.20 Å².